The van der Waals surface area contributed by atoms with E-state index >= 15 is 0 Å². The van der Waals surface area contributed by atoms with Crippen molar-refractivity contribution in [3.63, 3.8) is 0 Å². The fourth-order valence-corrected chi connectivity index (χ4v) is 2.91. The predicted octanol–water partition coefficient (Wildman–Crippen LogP) is 1.95. The van der Waals surface area contributed by atoms with Gasteiger partial charge in [-0.15, -0.1) is 0 Å². The van der Waals surface area contributed by atoms with Gasteiger partial charge in [-0.3, -0.25) is 4.90 Å². The highest BCUT2D eigenvalue weighted by Gasteiger charge is 2.33. The molecular formula is C18H21N5O. The first kappa shape index (κ1) is 16.0. The summed E-state index contributed by atoms with van der Waals surface area (Å²) in [7, 11) is 0. The summed E-state index contributed by atoms with van der Waals surface area (Å²) in [4.78, 5) is 10.2. The number of rotatable bonds is 3. The molecule has 0 fully saturated rings. The molecule has 0 amide bonds. The highest BCUT2D eigenvalue weighted by atomic mass is 16.3. The molecule has 3 rings (SSSR count). The second-order valence-corrected chi connectivity index (χ2v) is 6.18. The third-order valence-corrected chi connectivity index (χ3v) is 3.95. The molecule has 0 aliphatic carbocycles. The van der Waals surface area contributed by atoms with Crippen LogP contribution in [0.1, 0.15) is 31.1 Å². The van der Waals surface area contributed by atoms with Crippen LogP contribution in [0.5, 0.6) is 0 Å². The van der Waals surface area contributed by atoms with Gasteiger partial charge in [0, 0.05) is 5.69 Å². The summed E-state index contributed by atoms with van der Waals surface area (Å²) < 4.78 is 0. The molecule has 0 saturated carbocycles. The van der Waals surface area contributed by atoms with E-state index in [1.165, 1.54) is 0 Å². The van der Waals surface area contributed by atoms with E-state index in [-0.39, 0.29) is 11.9 Å². The molecule has 6 nitrogen and oxygen atoms in total. The number of aliphatic hydroxyl groups excluding tert-OH is 1. The zero-order valence-electron chi connectivity index (χ0n) is 13.7. The van der Waals surface area contributed by atoms with E-state index in [0.29, 0.717) is 0 Å². The molecule has 24 heavy (non-hydrogen) atoms. The summed E-state index contributed by atoms with van der Waals surface area (Å²) >= 11 is 0. The van der Waals surface area contributed by atoms with Crippen molar-refractivity contribution < 1.29 is 5.11 Å². The number of benzene rings is 2. The molecule has 1 aliphatic heterocycles. The van der Waals surface area contributed by atoms with E-state index in [0.717, 1.165) is 16.8 Å². The SMILES string of the molecule is CC1(C)N=C(N)N=C(N)N1c1cccc(C(O)c2ccccc2)c1. The molecule has 6 heteroatoms. The summed E-state index contributed by atoms with van der Waals surface area (Å²) in [5.41, 5.74) is 13.5. The number of nitrogens with two attached hydrogens (primary N) is 2. The maximum absolute atomic E-state index is 10.6. The minimum absolute atomic E-state index is 0.161. The van der Waals surface area contributed by atoms with Crippen LogP contribution in [-0.4, -0.2) is 22.7 Å². The Morgan fingerprint density at radius 2 is 1.67 bits per heavy atom. The zero-order valence-corrected chi connectivity index (χ0v) is 13.7. The summed E-state index contributed by atoms with van der Waals surface area (Å²) in [6.45, 7) is 3.81. The first-order valence-corrected chi connectivity index (χ1v) is 7.71. The van der Waals surface area contributed by atoms with Gasteiger partial charge in [0.05, 0.1) is 0 Å². The summed E-state index contributed by atoms with van der Waals surface area (Å²) in [6, 6.07) is 17.1. The Bertz CT molecular complexity index is 798. The van der Waals surface area contributed by atoms with Crippen molar-refractivity contribution >= 4 is 17.6 Å². The summed E-state index contributed by atoms with van der Waals surface area (Å²) in [6.07, 6.45) is -0.717. The van der Waals surface area contributed by atoms with Gasteiger partial charge in [0.1, 0.15) is 11.8 Å². The van der Waals surface area contributed by atoms with E-state index in [4.69, 9.17) is 11.5 Å². The number of hydrogen-bond acceptors (Lipinski definition) is 6. The monoisotopic (exact) mass is 323 g/mol. The molecule has 124 valence electrons. The highest BCUT2D eigenvalue weighted by molar-refractivity contribution is 6.05. The average Bonchev–Trinajstić information content (AvgIpc) is 2.53. The molecule has 0 bridgehead atoms. The van der Waals surface area contributed by atoms with Crippen molar-refractivity contribution in [1.29, 1.82) is 0 Å². The molecule has 0 saturated heterocycles. The molecule has 1 unspecified atom stereocenters. The number of nitrogens with zero attached hydrogens (tertiary/aromatic N) is 3. The molecule has 2 aromatic rings. The smallest absolute Gasteiger partial charge is 0.220 e. The minimum atomic E-state index is -0.717. The first-order chi connectivity index (χ1) is 11.4. The minimum Gasteiger partial charge on any atom is -0.384 e. The molecule has 0 spiro atoms. The van der Waals surface area contributed by atoms with Crippen LogP contribution in [0.3, 0.4) is 0 Å². The van der Waals surface area contributed by atoms with E-state index in [1.54, 1.807) is 4.90 Å². The Morgan fingerprint density at radius 1 is 1.00 bits per heavy atom. The molecular weight excluding hydrogens is 302 g/mol. The van der Waals surface area contributed by atoms with Crippen LogP contribution in [0, 0.1) is 0 Å². The normalized spacial score (nSPS) is 17.9. The predicted molar refractivity (Wildman–Crippen MR) is 96.7 cm³/mol. The van der Waals surface area contributed by atoms with Gasteiger partial charge < -0.3 is 16.6 Å². The third kappa shape index (κ3) is 2.96. The van der Waals surface area contributed by atoms with Gasteiger partial charge in [-0.05, 0) is 37.1 Å². The third-order valence-electron chi connectivity index (χ3n) is 3.95. The fraction of sp³-hybridized carbons (Fsp3) is 0.222. The topological polar surface area (TPSA) is 100 Å². The Kier molecular flexibility index (Phi) is 3.99. The maximum atomic E-state index is 10.6. The van der Waals surface area contributed by atoms with E-state index in [1.807, 2.05) is 68.4 Å². The Hall–Kier alpha value is -2.86. The molecule has 1 aliphatic rings. The van der Waals surface area contributed by atoms with Crippen LogP contribution in [0.4, 0.5) is 5.69 Å². The van der Waals surface area contributed by atoms with Crippen molar-refractivity contribution in [3.05, 3.63) is 65.7 Å². The largest absolute Gasteiger partial charge is 0.384 e. The first-order valence-electron chi connectivity index (χ1n) is 7.71. The van der Waals surface area contributed by atoms with Gasteiger partial charge in [0.25, 0.3) is 0 Å². The van der Waals surface area contributed by atoms with Gasteiger partial charge in [0.2, 0.25) is 11.9 Å². The highest BCUT2D eigenvalue weighted by Crippen LogP contribution is 2.30. The van der Waals surface area contributed by atoms with Crippen LogP contribution in [-0.2, 0) is 0 Å². The van der Waals surface area contributed by atoms with E-state index in [2.05, 4.69) is 9.98 Å². The lowest BCUT2D eigenvalue weighted by Gasteiger charge is -2.38. The van der Waals surface area contributed by atoms with Crippen LogP contribution in [0.25, 0.3) is 0 Å². The van der Waals surface area contributed by atoms with Gasteiger partial charge in [0.15, 0.2) is 0 Å². The Morgan fingerprint density at radius 3 is 2.33 bits per heavy atom. The molecule has 1 heterocycles. The summed E-state index contributed by atoms with van der Waals surface area (Å²) in [5, 5.41) is 10.6. The maximum Gasteiger partial charge on any atom is 0.220 e. The number of guanidine groups is 2. The Balaban J connectivity index is 1.98. The van der Waals surface area contributed by atoms with Crippen molar-refractivity contribution in [2.75, 3.05) is 4.90 Å². The molecule has 1 atom stereocenters. The lowest BCUT2D eigenvalue weighted by atomic mass is 10.0. The van der Waals surface area contributed by atoms with Crippen LogP contribution in [0.2, 0.25) is 0 Å². The standard InChI is InChI=1S/C18H21N5O/c1-18(2)22-16(19)21-17(20)23(18)14-10-6-9-13(11-14)15(24)12-7-4-3-5-8-12/h3-11,15,24H,1-2H3,(H4,19,20,21,22). The van der Waals surface area contributed by atoms with Gasteiger partial charge in [-0.2, -0.15) is 4.99 Å². The van der Waals surface area contributed by atoms with Gasteiger partial charge >= 0.3 is 0 Å². The summed E-state index contributed by atoms with van der Waals surface area (Å²) in [5.74, 6) is 0.438. The molecule has 0 radical (unpaired) electrons. The van der Waals surface area contributed by atoms with Crippen LogP contribution in [0.15, 0.2) is 64.6 Å². The van der Waals surface area contributed by atoms with E-state index < -0.39 is 11.8 Å². The van der Waals surface area contributed by atoms with Crippen molar-refractivity contribution in [2.24, 2.45) is 21.5 Å². The number of anilines is 1. The van der Waals surface area contributed by atoms with Crippen molar-refractivity contribution in [3.8, 4) is 0 Å². The quantitative estimate of drug-likeness (QED) is 0.803. The average molecular weight is 323 g/mol. The van der Waals surface area contributed by atoms with E-state index in [9.17, 15) is 5.11 Å². The molecule has 0 aromatic heterocycles. The lowest BCUT2D eigenvalue weighted by molar-refractivity contribution is 0.220. The number of hydrogen-bond donors (Lipinski definition) is 3. The van der Waals surface area contributed by atoms with Gasteiger partial charge in [-0.1, -0.05) is 42.5 Å². The fourth-order valence-electron chi connectivity index (χ4n) is 2.91. The second-order valence-electron chi connectivity index (χ2n) is 6.18. The lowest BCUT2D eigenvalue weighted by Crippen LogP contribution is -2.54. The zero-order chi connectivity index (χ0) is 17.3. The molecule has 2 aromatic carbocycles. The van der Waals surface area contributed by atoms with Crippen LogP contribution < -0.4 is 16.4 Å². The van der Waals surface area contributed by atoms with Crippen LogP contribution >= 0.6 is 0 Å². The Labute approximate surface area is 141 Å². The second kappa shape index (κ2) is 5.98. The molecule has 5 N–H and O–H groups in total. The van der Waals surface area contributed by atoms with Crippen molar-refractivity contribution in [2.45, 2.75) is 25.6 Å². The van der Waals surface area contributed by atoms with Crippen molar-refractivity contribution in [1.82, 2.24) is 0 Å². The number of aliphatic hydroxyl groups is 1. The number of aliphatic imine (C=N–C) groups is 2. The van der Waals surface area contributed by atoms with Gasteiger partial charge in [-0.25, -0.2) is 4.99 Å².